The van der Waals surface area contributed by atoms with E-state index in [1.807, 2.05) is 6.07 Å². The summed E-state index contributed by atoms with van der Waals surface area (Å²) in [6, 6.07) is 8.83. The normalized spacial score (nSPS) is 13.3. The Morgan fingerprint density at radius 1 is 1.35 bits per heavy atom. The topological polar surface area (TPSA) is 78.9 Å². The first-order valence-electron chi connectivity index (χ1n) is 6.57. The van der Waals surface area contributed by atoms with Crippen LogP contribution in [0.1, 0.15) is 40.2 Å². The number of anilines is 1. The van der Waals surface area contributed by atoms with Crippen LogP contribution in [0.25, 0.3) is 0 Å². The van der Waals surface area contributed by atoms with Crippen molar-refractivity contribution in [1.29, 1.82) is 5.26 Å². The maximum Gasteiger partial charge on any atom is 0.278 e. The second-order valence-corrected chi connectivity index (χ2v) is 4.79. The van der Waals surface area contributed by atoms with Gasteiger partial charge in [-0.15, -0.1) is 0 Å². The molecule has 0 aliphatic heterocycles. The number of aryl methyl sites for hydroxylation is 1. The summed E-state index contributed by atoms with van der Waals surface area (Å²) in [6.45, 7) is 0. The molecule has 0 fully saturated rings. The van der Waals surface area contributed by atoms with E-state index in [2.05, 4.69) is 10.5 Å². The van der Waals surface area contributed by atoms with Crippen LogP contribution >= 0.6 is 0 Å². The van der Waals surface area contributed by atoms with Gasteiger partial charge in [0.25, 0.3) is 5.91 Å². The van der Waals surface area contributed by atoms with E-state index in [1.165, 1.54) is 0 Å². The fourth-order valence-corrected chi connectivity index (χ4v) is 2.42. The van der Waals surface area contributed by atoms with Gasteiger partial charge in [0.1, 0.15) is 5.76 Å². The molecule has 0 saturated heterocycles. The van der Waals surface area contributed by atoms with Gasteiger partial charge in [-0.2, -0.15) is 5.26 Å². The third-order valence-corrected chi connectivity index (χ3v) is 3.41. The minimum absolute atomic E-state index is 0.285. The molecule has 5 nitrogen and oxygen atoms in total. The zero-order valence-electron chi connectivity index (χ0n) is 10.8. The molecule has 1 aliphatic rings. The van der Waals surface area contributed by atoms with Crippen molar-refractivity contribution >= 4 is 11.6 Å². The van der Waals surface area contributed by atoms with E-state index >= 15 is 0 Å². The second-order valence-electron chi connectivity index (χ2n) is 4.79. The number of amides is 1. The molecule has 0 unspecified atom stereocenters. The van der Waals surface area contributed by atoms with E-state index in [1.54, 1.807) is 24.3 Å². The summed E-state index contributed by atoms with van der Waals surface area (Å²) in [5.74, 6) is 0.541. The van der Waals surface area contributed by atoms with Gasteiger partial charge in [-0.3, -0.25) is 4.79 Å². The Balaban J connectivity index is 1.83. The first-order valence-corrected chi connectivity index (χ1v) is 6.57. The van der Waals surface area contributed by atoms with Crippen molar-refractivity contribution in [3.8, 4) is 6.07 Å². The SMILES string of the molecule is N#Cc1cccc(NC(=O)c2noc3c2CCCC3)c1. The number of aromatic nitrogens is 1. The predicted octanol–water partition coefficient (Wildman–Crippen LogP) is 2.68. The lowest BCUT2D eigenvalue weighted by atomic mass is 9.96. The molecule has 0 spiro atoms. The second kappa shape index (κ2) is 5.17. The Morgan fingerprint density at radius 3 is 3.05 bits per heavy atom. The molecule has 1 aromatic heterocycles. The van der Waals surface area contributed by atoms with Gasteiger partial charge in [0.15, 0.2) is 5.69 Å². The van der Waals surface area contributed by atoms with E-state index in [9.17, 15) is 4.79 Å². The molecule has 1 aromatic carbocycles. The molecular weight excluding hydrogens is 254 g/mol. The Bertz CT molecular complexity index is 697. The first kappa shape index (κ1) is 12.4. The zero-order valence-corrected chi connectivity index (χ0v) is 10.8. The molecule has 1 heterocycles. The van der Waals surface area contributed by atoms with Crippen LogP contribution in [0.2, 0.25) is 0 Å². The molecule has 5 heteroatoms. The van der Waals surface area contributed by atoms with Crippen LogP contribution < -0.4 is 5.32 Å². The first-order chi connectivity index (χ1) is 9.78. The van der Waals surface area contributed by atoms with Crippen molar-refractivity contribution in [2.75, 3.05) is 5.32 Å². The number of fused-ring (bicyclic) bond motifs is 1. The molecule has 1 N–H and O–H groups in total. The summed E-state index contributed by atoms with van der Waals surface area (Å²) in [6.07, 6.45) is 3.81. The van der Waals surface area contributed by atoms with Gasteiger partial charge in [-0.05, 0) is 37.5 Å². The highest BCUT2D eigenvalue weighted by Gasteiger charge is 2.23. The third kappa shape index (κ3) is 2.28. The molecule has 0 atom stereocenters. The lowest BCUT2D eigenvalue weighted by molar-refractivity contribution is 0.101. The molecule has 20 heavy (non-hydrogen) atoms. The van der Waals surface area contributed by atoms with E-state index in [4.69, 9.17) is 9.78 Å². The number of carbonyl (C=O) groups excluding carboxylic acids is 1. The monoisotopic (exact) mass is 267 g/mol. The number of nitriles is 1. The average molecular weight is 267 g/mol. The van der Waals surface area contributed by atoms with Gasteiger partial charge in [-0.1, -0.05) is 11.2 Å². The highest BCUT2D eigenvalue weighted by atomic mass is 16.5. The minimum atomic E-state index is -0.285. The van der Waals surface area contributed by atoms with Crippen LogP contribution in [0.3, 0.4) is 0 Å². The van der Waals surface area contributed by atoms with Crippen LogP contribution in [0.5, 0.6) is 0 Å². The molecule has 1 amide bonds. The summed E-state index contributed by atoms with van der Waals surface area (Å²) in [7, 11) is 0. The Kier molecular flexibility index (Phi) is 3.21. The van der Waals surface area contributed by atoms with Crippen molar-refractivity contribution in [3.05, 3.63) is 46.8 Å². The molecule has 1 aliphatic carbocycles. The summed E-state index contributed by atoms with van der Waals surface area (Å²) in [5.41, 5.74) is 2.37. The Hall–Kier alpha value is -2.61. The van der Waals surface area contributed by atoms with E-state index in [-0.39, 0.29) is 5.91 Å². The largest absolute Gasteiger partial charge is 0.360 e. The highest BCUT2D eigenvalue weighted by Crippen LogP contribution is 2.24. The molecule has 0 radical (unpaired) electrons. The van der Waals surface area contributed by atoms with E-state index in [0.717, 1.165) is 37.0 Å². The summed E-state index contributed by atoms with van der Waals surface area (Å²) in [5, 5.41) is 15.5. The molecule has 3 rings (SSSR count). The zero-order chi connectivity index (χ0) is 13.9. The van der Waals surface area contributed by atoms with Gasteiger partial charge >= 0.3 is 0 Å². The van der Waals surface area contributed by atoms with E-state index in [0.29, 0.717) is 16.9 Å². The lowest BCUT2D eigenvalue weighted by Crippen LogP contribution is -2.15. The number of benzene rings is 1. The van der Waals surface area contributed by atoms with Gasteiger partial charge < -0.3 is 9.84 Å². The minimum Gasteiger partial charge on any atom is -0.360 e. The van der Waals surface area contributed by atoms with Crippen molar-refractivity contribution in [2.45, 2.75) is 25.7 Å². The number of hydrogen-bond acceptors (Lipinski definition) is 4. The van der Waals surface area contributed by atoms with Gasteiger partial charge in [0, 0.05) is 17.7 Å². The lowest BCUT2D eigenvalue weighted by Gasteiger charge is -2.09. The van der Waals surface area contributed by atoms with Crippen LogP contribution in [-0.4, -0.2) is 11.1 Å². The number of nitrogens with one attached hydrogen (secondary N) is 1. The number of hydrogen-bond donors (Lipinski definition) is 1. The molecule has 100 valence electrons. The molecule has 2 aromatic rings. The predicted molar refractivity (Wildman–Crippen MR) is 72.3 cm³/mol. The summed E-state index contributed by atoms with van der Waals surface area (Å²) < 4.78 is 5.23. The standard InChI is InChI=1S/C15H13N3O2/c16-9-10-4-3-5-11(8-10)17-15(19)14-12-6-1-2-7-13(12)20-18-14/h3-5,8H,1-2,6-7H2,(H,17,19). The van der Waals surface area contributed by atoms with Crippen LogP contribution in [0.15, 0.2) is 28.8 Å². The molecular formula is C15H13N3O2. The van der Waals surface area contributed by atoms with Crippen LogP contribution in [-0.2, 0) is 12.8 Å². The maximum absolute atomic E-state index is 12.2. The Labute approximate surface area is 116 Å². The quantitative estimate of drug-likeness (QED) is 0.907. The van der Waals surface area contributed by atoms with Crippen molar-refractivity contribution in [3.63, 3.8) is 0 Å². The average Bonchev–Trinajstić information content (AvgIpc) is 2.91. The smallest absolute Gasteiger partial charge is 0.278 e. The maximum atomic E-state index is 12.2. The van der Waals surface area contributed by atoms with E-state index < -0.39 is 0 Å². The number of rotatable bonds is 2. The molecule has 0 saturated carbocycles. The number of carbonyl (C=O) groups is 1. The van der Waals surface area contributed by atoms with Gasteiger partial charge in [-0.25, -0.2) is 0 Å². The fourth-order valence-electron chi connectivity index (χ4n) is 2.42. The van der Waals surface area contributed by atoms with Crippen LogP contribution in [0, 0.1) is 11.3 Å². The fraction of sp³-hybridized carbons (Fsp3) is 0.267. The van der Waals surface area contributed by atoms with Gasteiger partial charge in [0.05, 0.1) is 11.6 Å². The summed E-state index contributed by atoms with van der Waals surface area (Å²) >= 11 is 0. The van der Waals surface area contributed by atoms with Crippen LogP contribution in [0.4, 0.5) is 5.69 Å². The number of nitrogens with zero attached hydrogens (tertiary/aromatic N) is 2. The Morgan fingerprint density at radius 2 is 2.20 bits per heavy atom. The third-order valence-electron chi connectivity index (χ3n) is 3.41. The van der Waals surface area contributed by atoms with Crippen molar-refractivity contribution in [1.82, 2.24) is 5.16 Å². The molecule has 0 bridgehead atoms. The van der Waals surface area contributed by atoms with Crippen molar-refractivity contribution in [2.24, 2.45) is 0 Å². The summed E-state index contributed by atoms with van der Waals surface area (Å²) in [4.78, 5) is 12.2. The van der Waals surface area contributed by atoms with Gasteiger partial charge in [0.2, 0.25) is 0 Å². The van der Waals surface area contributed by atoms with Crippen molar-refractivity contribution < 1.29 is 9.32 Å². The highest BCUT2D eigenvalue weighted by molar-refractivity contribution is 6.04.